The number of allylic oxidation sites excluding steroid dienone is 2. The number of likely N-dealkylation sites (N-methyl/N-ethyl adjacent to an activating group) is 1. The Hall–Kier alpha value is -0.0857. The zero-order valence-electron chi connectivity index (χ0n) is 13.5. The number of hydrogen-bond donors (Lipinski definition) is 0. The predicted octanol–water partition coefficient (Wildman–Crippen LogP) is -2.32. The van der Waals surface area contributed by atoms with Crippen molar-refractivity contribution in [2.24, 2.45) is 0 Å². The third-order valence-electron chi connectivity index (χ3n) is 3.67. The zero-order valence-corrected chi connectivity index (χ0v) is 16.6. The second kappa shape index (κ2) is 9.27. The molecular formula is C17H22Cl2NOTi. The summed E-state index contributed by atoms with van der Waals surface area (Å²) in [7, 11) is 4.23. The van der Waals surface area contributed by atoms with Gasteiger partial charge in [-0.15, -0.1) is 0 Å². The Morgan fingerprint density at radius 1 is 1.18 bits per heavy atom. The molecule has 0 saturated carbocycles. The van der Waals surface area contributed by atoms with Gasteiger partial charge in [0, 0.05) is 0 Å². The minimum Gasteiger partial charge on any atom is -1.00 e. The van der Waals surface area contributed by atoms with E-state index in [-0.39, 0.29) is 30.4 Å². The van der Waals surface area contributed by atoms with Crippen LogP contribution >= 0.6 is 0 Å². The molecule has 119 valence electrons. The third kappa shape index (κ3) is 4.96. The first-order chi connectivity index (χ1) is 9.45. The zero-order chi connectivity index (χ0) is 14.8. The van der Waals surface area contributed by atoms with Crippen molar-refractivity contribution in [3.05, 3.63) is 53.1 Å². The van der Waals surface area contributed by atoms with Gasteiger partial charge in [0.15, 0.2) is 0 Å². The van der Waals surface area contributed by atoms with E-state index in [9.17, 15) is 0 Å². The Bertz CT molecular complexity index is 553. The molecule has 0 amide bonds. The minimum absolute atomic E-state index is 0. The van der Waals surface area contributed by atoms with Crippen LogP contribution in [0.2, 0.25) is 0 Å². The normalized spacial score (nSPS) is 14.1. The van der Waals surface area contributed by atoms with E-state index in [0.717, 1.165) is 13.0 Å². The van der Waals surface area contributed by atoms with Gasteiger partial charge in [-0.1, -0.05) is 0 Å². The average molecular weight is 375 g/mol. The number of halogens is 2. The van der Waals surface area contributed by atoms with Gasteiger partial charge in [-0.25, -0.2) is 0 Å². The van der Waals surface area contributed by atoms with Crippen molar-refractivity contribution >= 4 is 5.57 Å². The van der Waals surface area contributed by atoms with E-state index in [0.29, 0.717) is 0 Å². The SMILES string of the molecule is CN(C)CC1=C(c2ccccc2C(C)(C)[O][Ti+2])CC=C1.[Cl-].[Cl-]. The summed E-state index contributed by atoms with van der Waals surface area (Å²) < 4.78 is 5.69. The van der Waals surface area contributed by atoms with Gasteiger partial charge in [-0.3, -0.25) is 0 Å². The van der Waals surface area contributed by atoms with Crippen LogP contribution in [0.5, 0.6) is 0 Å². The minimum atomic E-state index is -0.268. The summed E-state index contributed by atoms with van der Waals surface area (Å²) in [6, 6.07) is 8.60. The maximum Gasteiger partial charge on any atom is -1.00 e. The second-order valence-electron chi connectivity index (χ2n) is 6.01. The van der Waals surface area contributed by atoms with Crippen molar-refractivity contribution < 1.29 is 49.0 Å². The summed E-state index contributed by atoms with van der Waals surface area (Å²) in [5.41, 5.74) is 5.16. The fourth-order valence-corrected chi connectivity index (χ4v) is 2.82. The van der Waals surface area contributed by atoms with Gasteiger partial charge in [0.2, 0.25) is 0 Å². The quantitative estimate of drug-likeness (QED) is 0.537. The van der Waals surface area contributed by atoms with E-state index in [1.54, 1.807) is 20.8 Å². The Morgan fingerprint density at radius 3 is 2.41 bits per heavy atom. The molecule has 1 aromatic rings. The van der Waals surface area contributed by atoms with Gasteiger partial charge in [-0.2, -0.15) is 0 Å². The van der Waals surface area contributed by atoms with Crippen LogP contribution in [0.1, 0.15) is 31.4 Å². The molecule has 0 N–H and O–H groups in total. The van der Waals surface area contributed by atoms with E-state index >= 15 is 0 Å². The van der Waals surface area contributed by atoms with Crippen molar-refractivity contribution in [2.45, 2.75) is 25.9 Å². The van der Waals surface area contributed by atoms with Crippen LogP contribution in [-0.2, 0) is 29.7 Å². The Labute approximate surface area is 158 Å². The molecule has 1 aromatic carbocycles. The fraction of sp³-hybridized carbons (Fsp3) is 0.412. The molecule has 0 unspecified atom stereocenters. The first kappa shape index (κ1) is 21.9. The maximum atomic E-state index is 5.69. The molecule has 1 aliphatic rings. The smallest absolute Gasteiger partial charge is 1.00 e. The first-order valence-electron chi connectivity index (χ1n) is 6.93. The topological polar surface area (TPSA) is 12.5 Å². The maximum absolute atomic E-state index is 5.69. The molecule has 0 aliphatic heterocycles. The summed E-state index contributed by atoms with van der Waals surface area (Å²) in [6.07, 6.45) is 5.52. The fourth-order valence-electron chi connectivity index (χ4n) is 2.65. The van der Waals surface area contributed by atoms with Crippen LogP contribution in [0.4, 0.5) is 0 Å². The van der Waals surface area contributed by atoms with Gasteiger partial charge in [-0.05, 0) is 0 Å². The van der Waals surface area contributed by atoms with Crippen LogP contribution in [0, 0.1) is 0 Å². The predicted molar refractivity (Wildman–Crippen MR) is 79.8 cm³/mol. The van der Waals surface area contributed by atoms with Crippen LogP contribution in [-0.4, -0.2) is 25.5 Å². The van der Waals surface area contributed by atoms with Gasteiger partial charge in [0.1, 0.15) is 0 Å². The number of hydrogen-bond acceptors (Lipinski definition) is 2. The van der Waals surface area contributed by atoms with Crippen molar-refractivity contribution in [2.75, 3.05) is 20.6 Å². The van der Waals surface area contributed by atoms with Crippen molar-refractivity contribution in [3.8, 4) is 0 Å². The van der Waals surface area contributed by atoms with Crippen molar-refractivity contribution in [1.29, 1.82) is 0 Å². The molecule has 2 nitrogen and oxygen atoms in total. The van der Waals surface area contributed by atoms with E-state index < -0.39 is 0 Å². The molecule has 0 spiro atoms. The molecular weight excluding hydrogens is 353 g/mol. The molecule has 2 rings (SSSR count). The summed E-state index contributed by atoms with van der Waals surface area (Å²) in [4.78, 5) is 2.22. The molecule has 0 bridgehead atoms. The van der Waals surface area contributed by atoms with Crippen LogP contribution in [0.3, 0.4) is 0 Å². The molecule has 0 atom stereocenters. The van der Waals surface area contributed by atoms with Gasteiger partial charge in [0.25, 0.3) is 0 Å². The monoisotopic (exact) mass is 374 g/mol. The molecule has 0 radical (unpaired) electrons. The Balaban J connectivity index is 0.00000220. The summed E-state index contributed by atoms with van der Waals surface area (Å²) in [5.74, 6) is 0. The van der Waals surface area contributed by atoms with E-state index in [1.165, 1.54) is 22.3 Å². The number of nitrogens with zero attached hydrogens (tertiary/aromatic N) is 1. The Morgan fingerprint density at radius 2 is 1.82 bits per heavy atom. The average Bonchev–Trinajstić information content (AvgIpc) is 2.86. The van der Waals surface area contributed by atoms with Crippen LogP contribution in [0.15, 0.2) is 42.0 Å². The molecule has 5 heteroatoms. The second-order valence-corrected chi connectivity index (χ2v) is 6.32. The summed E-state index contributed by atoms with van der Waals surface area (Å²) in [5, 5.41) is 0. The Kier molecular flexibility index (Phi) is 9.23. The third-order valence-corrected chi connectivity index (χ3v) is 4.47. The largest absolute Gasteiger partial charge is 1.00 e. The van der Waals surface area contributed by atoms with Crippen molar-refractivity contribution in [3.63, 3.8) is 0 Å². The van der Waals surface area contributed by atoms with Crippen LogP contribution in [0.25, 0.3) is 5.57 Å². The molecule has 0 heterocycles. The van der Waals surface area contributed by atoms with Crippen molar-refractivity contribution in [1.82, 2.24) is 4.90 Å². The van der Waals surface area contributed by atoms with E-state index in [4.69, 9.17) is 3.32 Å². The number of rotatable bonds is 5. The molecule has 0 saturated heterocycles. The van der Waals surface area contributed by atoms with E-state index in [1.807, 2.05) is 0 Å². The first-order valence-corrected chi connectivity index (χ1v) is 7.57. The molecule has 0 fully saturated rings. The standard InChI is InChI=1S/C17H22NO.2ClH.Ti/c1-17(2,19)16-11-6-5-9-15(16)14-10-7-8-13(14)12-18(3)4;;;/h5-9,11H,10,12H2,1-4H3;2*1H;/q-1;;;+3/p-2. The van der Waals surface area contributed by atoms with Gasteiger partial charge in [0.05, 0.1) is 0 Å². The summed E-state index contributed by atoms with van der Waals surface area (Å²) >= 11 is 1.78. The molecule has 1 aliphatic carbocycles. The molecule has 22 heavy (non-hydrogen) atoms. The summed E-state index contributed by atoms with van der Waals surface area (Å²) in [6.45, 7) is 5.23. The molecule has 0 aromatic heterocycles. The van der Waals surface area contributed by atoms with E-state index in [2.05, 4.69) is 69.3 Å². The van der Waals surface area contributed by atoms with Gasteiger partial charge < -0.3 is 24.8 Å². The number of benzene rings is 1. The van der Waals surface area contributed by atoms with Gasteiger partial charge >= 0.3 is 134 Å². The van der Waals surface area contributed by atoms with Crippen LogP contribution < -0.4 is 24.8 Å².